The number of phosphoric ester groups is 1. The summed E-state index contributed by atoms with van der Waals surface area (Å²) < 4.78 is 32.1. The Morgan fingerprint density at radius 3 is 1.31 bits per heavy atom. The van der Waals surface area contributed by atoms with Gasteiger partial charge in [-0.2, -0.15) is 0 Å². The number of esters is 2. The van der Waals surface area contributed by atoms with E-state index in [1.54, 1.807) is 0 Å². The lowest BCUT2D eigenvalue weighted by Crippen LogP contribution is -2.29. The van der Waals surface area contributed by atoms with Crippen molar-refractivity contribution in [1.82, 2.24) is 0 Å². The van der Waals surface area contributed by atoms with Gasteiger partial charge in [0.1, 0.15) is 6.61 Å². The first-order valence-corrected chi connectivity index (χ1v) is 25.3. The van der Waals surface area contributed by atoms with Gasteiger partial charge in [-0.1, -0.05) is 210 Å². The van der Waals surface area contributed by atoms with E-state index < -0.39 is 26.5 Å². The minimum Gasteiger partial charge on any atom is -0.462 e. The zero-order chi connectivity index (χ0) is 42.5. The van der Waals surface area contributed by atoms with Gasteiger partial charge in [-0.15, -0.1) is 0 Å². The molecule has 0 fully saturated rings. The molecule has 338 valence electrons. The zero-order valence-electron chi connectivity index (χ0n) is 37.7. The van der Waals surface area contributed by atoms with Crippen LogP contribution < -0.4 is 0 Å². The number of carbonyl (C=O) groups is 2. The highest BCUT2D eigenvalue weighted by Crippen LogP contribution is 2.42. The Hall–Kier alpha value is -1.99. The van der Waals surface area contributed by atoms with Crippen molar-refractivity contribution in [1.29, 1.82) is 0 Å². The van der Waals surface area contributed by atoms with E-state index in [0.29, 0.717) is 12.8 Å². The molecule has 0 bridgehead atoms. The second kappa shape index (κ2) is 44.6. The van der Waals surface area contributed by atoms with Crippen LogP contribution in [0, 0.1) is 0 Å². The van der Waals surface area contributed by atoms with Gasteiger partial charge in [0, 0.05) is 20.0 Å². The normalized spacial score (nSPS) is 13.7. The molecule has 9 heteroatoms. The molecule has 0 aromatic heterocycles. The molecule has 8 nitrogen and oxygen atoms in total. The lowest BCUT2D eigenvalue weighted by molar-refractivity contribution is -0.161. The number of phosphoric acid groups is 1. The van der Waals surface area contributed by atoms with E-state index in [2.05, 4.69) is 67.0 Å². The monoisotopic (exact) mass is 837 g/mol. The molecular formula is C49H89O8P. The number of rotatable bonds is 44. The topological polar surface area (TPSA) is 108 Å². The predicted octanol–water partition coefficient (Wildman–Crippen LogP) is 15.3. The highest BCUT2D eigenvalue weighted by molar-refractivity contribution is 7.47. The molecule has 0 heterocycles. The van der Waals surface area contributed by atoms with Crippen LogP contribution in [0.2, 0.25) is 0 Å². The molecule has 2 atom stereocenters. The second-order valence-corrected chi connectivity index (χ2v) is 17.4. The molecule has 58 heavy (non-hydrogen) atoms. The lowest BCUT2D eigenvalue weighted by Gasteiger charge is -2.19. The Labute approximate surface area is 357 Å². The minimum absolute atomic E-state index is 0.229. The molecule has 2 unspecified atom stereocenters. The Morgan fingerprint density at radius 1 is 0.500 bits per heavy atom. The van der Waals surface area contributed by atoms with E-state index in [0.717, 1.165) is 90.6 Å². The highest BCUT2D eigenvalue weighted by Gasteiger charge is 2.24. The predicted molar refractivity (Wildman–Crippen MR) is 244 cm³/mol. The summed E-state index contributed by atoms with van der Waals surface area (Å²) in [5.41, 5.74) is 0. The van der Waals surface area contributed by atoms with Crippen LogP contribution in [0.3, 0.4) is 0 Å². The van der Waals surface area contributed by atoms with Crippen LogP contribution in [-0.2, 0) is 32.7 Å². The Balaban J connectivity index is 3.94. The SMILES string of the molecule is CC/C=C\C/C=C\C/C=C\C/C=C\CCCCCCCCC(=O)OC(COC(=O)CCCCCCCCCCCCCCCCCCCCCC)COP(=O)(O)OC. The molecular weight excluding hydrogens is 748 g/mol. The van der Waals surface area contributed by atoms with Gasteiger partial charge in [0.05, 0.1) is 6.61 Å². The van der Waals surface area contributed by atoms with E-state index in [1.165, 1.54) is 109 Å². The van der Waals surface area contributed by atoms with Gasteiger partial charge in [-0.3, -0.25) is 18.6 Å². The van der Waals surface area contributed by atoms with Crippen LogP contribution in [-0.4, -0.2) is 43.3 Å². The van der Waals surface area contributed by atoms with Crippen LogP contribution in [0.25, 0.3) is 0 Å². The smallest absolute Gasteiger partial charge is 0.462 e. The molecule has 0 amide bonds. The van der Waals surface area contributed by atoms with E-state index in [4.69, 9.17) is 14.0 Å². The third-order valence-corrected chi connectivity index (χ3v) is 11.3. The lowest BCUT2D eigenvalue weighted by atomic mass is 10.0. The van der Waals surface area contributed by atoms with Crippen molar-refractivity contribution >= 4 is 19.8 Å². The van der Waals surface area contributed by atoms with Crippen molar-refractivity contribution in [3.63, 3.8) is 0 Å². The van der Waals surface area contributed by atoms with Crippen LogP contribution in [0.4, 0.5) is 0 Å². The first kappa shape index (κ1) is 56.0. The molecule has 0 aliphatic rings. The fraction of sp³-hybridized carbons (Fsp3) is 0.796. The zero-order valence-corrected chi connectivity index (χ0v) is 38.6. The van der Waals surface area contributed by atoms with Crippen molar-refractivity contribution in [2.45, 2.75) is 232 Å². The molecule has 0 saturated heterocycles. The maximum atomic E-state index is 12.5. The molecule has 1 N–H and O–H groups in total. The van der Waals surface area contributed by atoms with Gasteiger partial charge in [-0.25, -0.2) is 4.57 Å². The molecule has 0 aliphatic carbocycles. The number of carbonyl (C=O) groups excluding carboxylic acids is 2. The summed E-state index contributed by atoms with van der Waals surface area (Å²) in [5.74, 6) is -0.812. The molecule has 0 aliphatic heterocycles. The number of unbranched alkanes of at least 4 members (excludes halogenated alkanes) is 25. The molecule has 0 aromatic carbocycles. The average Bonchev–Trinajstić information content (AvgIpc) is 3.21. The van der Waals surface area contributed by atoms with Crippen molar-refractivity contribution in [3.05, 3.63) is 48.6 Å². The summed E-state index contributed by atoms with van der Waals surface area (Å²) in [6.45, 7) is 3.79. The van der Waals surface area contributed by atoms with E-state index in [-0.39, 0.29) is 19.0 Å². The molecule has 0 spiro atoms. The van der Waals surface area contributed by atoms with E-state index >= 15 is 0 Å². The summed E-state index contributed by atoms with van der Waals surface area (Å²) in [7, 11) is -3.21. The van der Waals surface area contributed by atoms with Gasteiger partial charge in [0.25, 0.3) is 0 Å². The van der Waals surface area contributed by atoms with Gasteiger partial charge >= 0.3 is 19.8 Å². The van der Waals surface area contributed by atoms with Gasteiger partial charge in [-0.05, 0) is 51.4 Å². The number of hydrogen-bond donors (Lipinski definition) is 1. The molecule has 0 saturated carbocycles. The van der Waals surface area contributed by atoms with Crippen molar-refractivity contribution in [2.75, 3.05) is 20.3 Å². The third kappa shape index (κ3) is 43.6. The van der Waals surface area contributed by atoms with Crippen LogP contribution >= 0.6 is 7.82 Å². The van der Waals surface area contributed by atoms with Crippen molar-refractivity contribution in [3.8, 4) is 0 Å². The van der Waals surface area contributed by atoms with Gasteiger partial charge in [0.2, 0.25) is 0 Å². The summed E-state index contributed by atoms with van der Waals surface area (Å²) in [6, 6.07) is 0. The Morgan fingerprint density at radius 2 is 0.879 bits per heavy atom. The molecule has 0 aromatic rings. The highest BCUT2D eigenvalue weighted by atomic mass is 31.2. The third-order valence-electron chi connectivity index (χ3n) is 10.3. The summed E-state index contributed by atoms with van der Waals surface area (Å²) >= 11 is 0. The number of hydrogen-bond acceptors (Lipinski definition) is 7. The summed E-state index contributed by atoms with van der Waals surface area (Å²) in [6.07, 6.45) is 54.5. The maximum absolute atomic E-state index is 12.5. The fourth-order valence-corrected chi connectivity index (χ4v) is 7.17. The fourth-order valence-electron chi connectivity index (χ4n) is 6.71. The van der Waals surface area contributed by atoms with Crippen LogP contribution in [0.5, 0.6) is 0 Å². The number of ether oxygens (including phenoxy) is 2. The first-order chi connectivity index (χ1) is 28.3. The Bertz CT molecular complexity index is 1080. The van der Waals surface area contributed by atoms with Gasteiger partial charge < -0.3 is 14.4 Å². The second-order valence-electron chi connectivity index (χ2n) is 15.9. The largest absolute Gasteiger partial charge is 0.472 e. The van der Waals surface area contributed by atoms with E-state index in [9.17, 15) is 19.0 Å². The standard InChI is InChI=1S/C49H89O8P/c1-4-6-8-10-12-14-16-18-20-22-24-26-27-29-31-33-35-37-39-41-43-48(50)55-45-47(46-56-58(52,53)54-3)57-49(51)44-42-40-38-36-34-32-30-28-25-23-21-19-17-15-13-11-9-7-5-2/h7,9,13,15,19,21,25,28,47H,4-6,8,10-12,14,16-18,20,22-24,26-27,29-46H2,1-3H3,(H,52,53)/b9-7-,15-13-,21-19-,28-25-. The average molecular weight is 837 g/mol. The van der Waals surface area contributed by atoms with E-state index in [1.807, 2.05) is 0 Å². The minimum atomic E-state index is -4.27. The summed E-state index contributed by atoms with van der Waals surface area (Å²) in [5, 5.41) is 0. The van der Waals surface area contributed by atoms with Crippen molar-refractivity contribution in [2.24, 2.45) is 0 Å². The van der Waals surface area contributed by atoms with Gasteiger partial charge in [0.15, 0.2) is 6.10 Å². The quantitative estimate of drug-likeness (QED) is 0.0280. The van der Waals surface area contributed by atoms with Crippen LogP contribution in [0.15, 0.2) is 48.6 Å². The molecule has 0 radical (unpaired) electrons. The molecule has 0 rings (SSSR count). The number of allylic oxidation sites excluding steroid dienone is 8. The van der Waals surface area contributed by atoms with Crippen LogP contribution in [0.1, 0.15) is 226 Å². The Kier molecular flexibility index (Phi) is 43.0. The van der Waals surface area contributed by atoms with Crippen molar-refractivity contribution < 1.29 is 37.6 Å². The maximum Gasteiger partial charge on any atom is 0.472 e. The first-order valence-electron chi connectivity index (χ1n) is 23.8. The summed E-state index contributed by atoms with van der Waals surface area (Å²) in [4.78, 5) is 34.6.